The van der Waals surface area contributed by atoms with Crippen LogP contribution in [0.25, 0.3) is 16.9 Å². The molecule has 4 aromatic rings. The Balaban J connectivity index is 1.66. The number of esters is 1. The van der Waals surface area contributed by atoms with Crippen molar-refractivity contribution in [2.24, 2.45) is 0 Å². The van der Waals surface area contributed by atoms with Gasteiger partial charge in [0.25, 0.3) is 0 Å². The molecule has 4 rings (SSSR count). The molecule has 0 aliphatic carbocycles. The number of carbonyl (C=O) groups excluding carboxylic acids is 1. The fourth-order valence-corrected chi connectivity index (χ4v) is 3.03. The highest BCUT2D eigenvalue weighted by atomic mass is 19.1. The summed E-state index contributed by atoms with van der Waals surface area (Å²) in [6, 6.07) is 16.9. The lowest BCUT2D eigenvalue weighted by Crippen LogP contribution is -2.03. The van der Waals surface area contributed by atoms with Crippen LogP contribution in [0.5, 0.6) is 0 Å². The fraction of sp³-hybridized carbons (Fsp3) is 0.0952. The van der Waals surface area contributed by atoms with E-state index in [1.807, 2.05) is 29.7 Å². The summed E-state index contributed by atoms with van der Waals surface area (Å²) in [7, 11) is 1.34. The summed E-state index contributed by atoms with van der Waals surface area (Å²) in [5, 5.41) is 3.20. The van der Waals surface area contributed by atoms with Crippen LogP contribution in [-0.4, -0.2) is 27.6 Å². The lowest BCUT2D eigenvalue weighted by Gasteiger charge is -2.10. The minimum absolute atomic E-state index is 0.325. The number of carbonyl (C=O) groups is 1. The number of nitrogens with one attached hydrogen (secondary N) is 1. The second-order valence-corrected chi connectivity index (χ2v) is 6.20. The Morgan fingerprint density at radius 3 is 2.61 bits per heavy atom. The molecule has 0 saturated heterocycles. The number of anilines is 2. The van der Waals surface area contributed by atoms with Crippen LogP contribution in [0.4, 0.5) is 15.9 Å². The summed E-state index contributed by atoms with van der Waals surface area (Å²) in [5.41, 5.74) is 2.61. The molecule has 7 heteroatoms. The summed E-state index contributed by atoms with van der Waals surface area (Å²) < 4.78 is 20.2. The van der Waals surface area contributed by atoms with Crippen LogP contribution in [0.15, 0.2) is 60.7 Å². The molecular weight excluding hydrogens is 359 g/mol. The first-order valence-electron chi connectivity index (χ1n) is 8.62. The minimum atomic E-state index is -0.388. The van der Waals surface area contributed by atoms with Crippen molar-refractivity contribution in [1.82, 2.24) is 14.5 Å². The molecule has 0 unspecified atom stereocenters. The van der Waals surface area contributed by atoms with Crippen molar-refractivity contribution in [2.75, 3.05) is 12.4 Å². The van der Waals surface area contributed by atoms with Crippen LogP contribution < -0.4 is 5.32 Å². The first kappa shape index (κ1) is 17.7. The highest BCUT2D eigenvalue weighted by Crippen LogP contribution is 2.23. The first-order valence-corrected chi connectivity index (χ1v) is 8.62. The van der Waals surface area contributed by atoms with Crippen molar-refractivity contribution >= 4 is 28.5 Å². The van der Waals surface area contributed by atoms with E-state index >= 15 is 0 Å². The third-order valence-electron chi connectivity index (χ3n) is 4.33. The number of aromatic nitrogens is 3. The van der Waals surface area contributed by atoms with Gasteiger partial charge in [-0.1, -0.05) is 6.07 Å². The molecule has 2 aromatic heterocycles. The molecule has 0 aliphatic rings. The van der Waals surface area contributed by atoms with Gasteiger partial charge in [-0.05, 0) is 55.5 Å². The Kier molecular flexibility index (Phi) is 4.49. The summed E-state index contributed by atoms with van der Waals surface area (Å²) in [6.07, 6.45) is 0. The Labute approximate surface area is 160 Å². The van der Waals surface area contributed by atoms with E-state index in [1.165, 1.54) is 19.2 Å². The molecule has 2 aromatic carbocycles. The number of imidazole rings is 1. The second kappa shape index (κ2) is 7.11. The van der Waals surface area contributed by atoms with Gasteiger partial charge in [0.15, 0.2) is 0 Å². The molecule has 0 saturated carbocycles. The van der Waals surface area contributed by atoms with E-state index in [4.69, 9.17) is 4.74 Å². The Morgan fingerprint density at radius 1 is 1.07 bits per heavy atom. The van der Waals surface area contributed by atoms with E-state index in [9.17, 15) is 9.18 Å². The number of halogens is 1. The molecule has 0 fully saturated rings. The number of pyridine rings is 1. The SMILES string of the molecule is COC(=O)c1ccc(Nc2cccc(-n3c(C)nc4ccc(F)cc43)n2)cc1. The number of ether oxygens (including phenoxy) is 1. The smallest absolute Gasteiger partial charge is 0.337 e. The number of fused-ring (bicyclic) bond motifs is 1. The predicted octanol–water partition coefficient (Wildman–Crippen LogP) is 4.40. The van der Waals surface area contributed by atoms with Crippen molar-refractivity contribution < 1.29 is 13.9 Å². The third-order valence-corrected chi connectivity index (χ3v) is 4.33. The lowest BCUT2D eigenvalue weighted by atomic mass is 10.2. The average molecular weight is 376 g/mol. The molecule has 0 amide bonds. The van der Waals surface area contributed by atoms with Crippen molar-refractivity contribution in [1.29, 1.82) is 0 Å². The highest BCUT2D eigenvalue weighted by Gasteiger charge is 2.12. The molecule has 2 heterocycles. The van der Waals surface area contributed by atoms with Crippen molar-refractivity contribution in [3.8, 4) is 5.82 Å². The monoisotopic (exact) mass is 376 g/mol. The Bertz CT molecular complexity index is 1170. The van der Waals surface area contributed by atoms with E-state index in [2.05, 4.69) is 15.3 Å². The number of hydrogen-bond acceptors (Lipinski definition) is 5. The van der Waals surface area contributed by atoms with Crippen LogP contribution >= 0.6 is 0 Å². The maximum Gasteiger partial charge on any atom is 0.337 e. The number of methoxy groups -OCH3 is 1. The molecule has 1 N–H and O–H groups in total. The topological polar surface area (TPSA) is 69.0 Å². The van der Waals surface area contributed by atoms with E-state index in [0.717, 1.165) is 5.69 Å². The zero-order valence-corrected chi connectivity index (χ0v) is 15.3. The van der Waals surface area contributed by atoms with Gasteiger partial charge in [0.2, 0.25) is 0 Å². The van der Waals surface area contributed by atoms with Gasteiger partial charge in [-0.25, -0.2) is 19.2 Å². The number of aryl methyl sites for hydroxylation is 1. The quantitative estimate of drug-likeness (QED) is 0.535. The fourth-order valence-electron chi connectivity index (χ4n) is 3.03. The first-order chi connectivity index (χ1) is 13.5. The highest BCUT2D eigenvalue weighted by molar-refractivity contribution is 5.89. The van der Waals surface area contributed by atoms with Gasteiger partial charge >= 0.3 is 5.97 Å². The van der Waals surface area contributed by atoms with E-state index in [-0.39, 0.29) is 11.8 Å². The third kappa shape index (κ3) is 3.29. The molecule has 0 radical (unpaired) electrons. The Morgan fingerprint density at radius 2 is 1.86 bits per heavy atom. The molecule has 0 spiro atoms. The molecule has 140 valence electrons. The summed E-state index contributed by atoms with van der Waals surface area (Å²) in [5.74, 6) is 1.24. The predicted molar refractivity (Wildman–Crippen MR) is 105 cm³/mol. The minimum Gasteiger partial charge on any atom is -0.465 e. The molecule has 0 bridgehead atoms. The van der Waals surface area contributed by atoms with Gasteiger partial charge in [-0.2, -0.15) is 0 Å². The molecular formula is C21H17FN4O2. The van der Waals surface area contributed by atoms with Crippen LogP contribution in [0.2, 0.25) is 0 Å². The van der Waals surface area contributed by atoms with Crippen molar-refractivity contribution in [2.45, 2.75) is 6.92 Å². The van der Waals surface area contributed by atoms with E-state index in [0.29, 0.717) is 34.1 Å². The average Bonchev–Trinajstić information content (AvgIpc) is 3.03. The van der Waals surface area contributed by atoms with E-state index < -0.39 is 0 Å². The molecule has 0 atom stereocenters. The van der Waals surface area contributed by atoms with E-state index in [1.54, 1.807) is 30.3 Å². The van der Waals surface area contributed by atoms with Gasteiger partial charge in [0.05, 0.1) is 23.7 Å². The number of nitrogens with zero attached hydrogens (tertiary/aromatic N) is 3. The van der Waals surface area contributed by atoms with Gasteiger partial charge < -0.3 is 10.1 Å². The molecule has 0 aliphatic heterocycles. The number of rotatable bonds is 4. The number of benzene rings is 2. The van der Waals surface area contributed by atoms with Crippen LogP contribution in [0.1, 0.15) is 16.2 Å². The summed E-state index contributed by atoms with van der Waals surface area (Å²) >= 11 is 0. The summed E-state index contributed by atoms with van der Waals surface area (Å²) in [4.78, 5) is 20.6. The molecule has 28 heavy (non-hydrogen) atoms. The number of hydrogen-bond donors (Lipinski definition) is 1. The maximum absolute atomic E-state index is 13.7. The summed E-state index contributed by atoms with van der Waals surface area (Å²) in [6.45, 7) is 1.85. The van der Waals surface area contributed by atoms with Gasteiger partial charge in [0.1, 0.15) is 23.3 Å². The standard InChI is InChI=1S/C21H17FN4O2/c1-13-23-17-11-8-15(22)12-18(17)26(13)20-5-3-4-19(25-20)24-16-9-6-14(7-10-16)21(27)28-2/h3-12H,1-2H3,(H,24,25). The lowest BCUT2D eigenvalue weighted by molar-refractivity contribution is 0.0601. The van der Waals surface area contributed by atoms with Gasteiger partial charge in [-0.15, -0.1) is 0 Å². The van der Waals surface area contributed by atoms with Crippen molar-refractivity contribution in [3.05, 3.63) is 77.9 Å². The largest absolute Gasteiger partial charge is 0.465 e. The zero-order valence-electron chi connectivity index (χ0n) is 15.3. The maximum atomic E-state index is 13.7. The molecule has 6 nitrogen and oxygen atoms in total. The van der Waals surface area contributed by atoms with Gasteiger partial charge in [0, 0.05) is 11.8 Å². The Hall–Kier alpha value is -3.74. The van der Waals surface area contributed by atoms with Gasteiger partial charge in [-0.3, -0.25) is 4.57 Å². The van der Waals surface area contributed by atoms with Crippen LogP contribution in [0.3, 0.4) is 0 Å². The zero-order chi connectivity index (χ0) is 19.7. The normalized spacial score (nSPS) is 10.8. The van der Waals surface area contributed by atoms with Crippen LogP contribution in [0, 0.1) is 12.7 Å². The second-order valence-electron chi connectivity index (χ2n) is 6.20. The van der Waals surface area contributed by atoms with Crippen molar-refractivity contribution in [3.63, 3.8) is 0 Å². The van der Waals surface area contributed by atoms with Crippen LogP contribution in [-0.2, 0) is 4.74 Å².